The maximum atomic E-state index is 12.3. The van der Waals surface area contributed by atoms with Crippen LogP contribution in [0.15, 0.2) is 79.4 Å². The summed E-state index contributed by atoms with van der Waals surface area (Å²) in [6.45, 7) is 2.03. The van der Waals surface area contributed by atoms with Gasteiger partial charge in [0.15, 0.2) is 5.60 Å². The molecule has 0 radical (unpaired) electrons. The van der Waals surface area contributed by atoms with E-state index in [1.165, 1.54) is 0 Å². The van der Waals surface area contributed by atoms with Crippen LogP contribution in [-0.2, 0) is 12.6 Å². The van der Waals surface area contributed by atoms with E-state index in [0.29, 0.717) is 27.7 Å². The SMILES string of the molecule is Cc1cccc(C2=CC(O)N(C)c3ncc(C(O)(c4ccc(Cl)cc4)c4cncn4C)cc32)c1. The molecule has 1 aliphatic rings. The molecule has 4 aromatic rings. The minimum absolute atomic E-state index is 0.583. The molecule has 6 nitrogen and oxygen atoms in total. The van der Waals surface area contributed by atoms with Crippen LogP contribution in [0.3, 0.4) is 0 Å². The molecule has 2 N–H and O–H groups in total. The lowest BCUT2D eigenvalue weighted by Gasteiger charge is -2.34. The Bertz CT molecular complexity index is 1400. The largest absolute Gasteiger partial charge is 0.374 e. The number of hydrogen-bond donors (Lipinski definition) is 2. The number of aryl methyl sites for hydroxylation is 2. The number of aliphatic hydroxyl groups is 2. The van der Waals surface area contributed by atoms with Gasteiger partial charge in [-0.1, -0.05) is 53.6 Å². The monoisotopic (exact) mass is 472 g/mol. The van der Waals surface area contributed by atoms with Crippen molar-refractivity contribution in [2.45, 2.75) is 18.8 Å². The lowest BCUT2D eigenvalue weighted by atomic mass is 9.82. The molecule has 2 unspecified atom stereocenters. The Kier molecular flexibility index (Phi) is 5.52. The van der Waals surface area contributed by atoms with E-state index in [9.17, 15) is 10.2 Å². The molecule has 0 fully saturated rings. The molecule has 0 aliphatic carbocycles. The fourth-order valence-corrected chi connectivity index (χ4v) is 4.66. The van der Waals surface area contributed by atoms with Crippen LogP contribution in [0.4, 0.5) is 5.82 Å². The third-order valence-corrected chi connectivity index (χ3v) is 6.65. The summed E-state index contributed by atoms with van der Waals surface area (Å²) < 4.78 is 1.79. The summed E-state index contributed by atoms with van der Waals surface area (Å²) >= 11 is 6.14. The number of pyridine rings is 1. The van der Waals surface area contributed by atoms with Gasteiger partial charge in [-0.25, -0.2) is 9.97 Å². The van der Waals surface area contributed by atoms with Crippen molar-refractivity contribution >= 4 is 23.0 Å². The smallest absolute Gasteiger partial charge is 0.158 e. The van der Waals surface area contributed by atoms with Gasteiger partial charge in [0.2, 0.25) is 0 Å². The van der Waals surface area contributed by atoms with Gasteiger partial charge in [-0.3, -0.25) is 0 Å². The second-order valence-electron chi connectivity index (χ2n) is 8.68. The molecule has 0 saturated heterocycles. The normalized spacial score (nSPS) is 17.2. The van der Waals surface area contributed by atoms with Gasteiger partial charge in [-0.2, -0.15) is 0 Å². The van der Waals surface area contributed by atoms with Gasteiger partial charge in [0, 0.05) is 36.4 Å². The van der Waals surface area contributed by atoms with Crippen LogP contribution in [0.5, 0.6) is 0 Å². The number of hydrogen-bond acceptors (Lipinski definition) is 5. The number of aliphatic hydroxyl groups excluding tert-OH is 1. The van der Waals surface area contributed by atoms with Crippen LogP contribution in [0.2, 0.25) is 5.02 Å². The highest BCUT2D eigenvalue weighted by molar-refractivity contribution is 6.30. The molecule has 2 aromatic heterocycles. The van der Waals surface area contributed by atoms with E-state index in [1.807, 2.05) is 56.4 Å². The van der Waals surface area contributed by atoms with Crippen molar-refractivity contribution in [3.05, 3.63) is 118 Å². The minimum Gasteiger partial charge on any atom is -0.374 e. The van der Waals surface area contributed by atoms with Gasteiger partial charge in [-0.15, -0.1) is 0 Å². The molecule has 0 amide bonds. The Morgan fingerprint density at radius 1 is 1.00 bits per heavy atom. The van der Waals surface area contributed by atoms with Crippen molar-refractivity contribution in [3.8, 4) is 0 Å². The zero-order valence-electron chi connectivity index (χ0n) is 19.1. The molecule has 7 heteroatoms. The molecule has 0 saturated carbocycles. The van der Waals surface area contributed by atoms with E-state index in [0.717, 1.165) is 22.3 Å². The van der Waals surface area contributed by atoms with Gasteiger partial charge in [-0.05, 0) is 47.9 Å². The Morgan fingerprint density at radius 2 is 1.76 bits per heavy atom. The average Bonchev–Trinajstić information content (AvgIpc) is 3.27. The van der Waals surface area contributed by atoms with Crippen molar-refractivity contribution in [2.24, 2.45) is 7.05 Å². The number of fused-ring (bicyclic) bond motifs is 1. The Hall–Kier alpha value is -3.45. The minimum atomic E-state index is -1.52. The summed E-state index contributed by atoms with van der Waals surface area (Å²) in [6.07, 6.45) is 5.97. The molecule has 172 valence electrons. The highest BCUT2D eigenvalue weighted by atomic mass is 35.5. The quantitative estimate of drug-likeness (QED) is 0.464. The zero-order chi connectivity index (χ0) is 24.0. The maximum Gasteiger partial charge on any atom is 0.158 e. The number of likely N-dealkylation sites (N-methyl/N-ethyl adjacent to an activating group) is 1. The van der Waals surface area contributed by atoms with Crippen molar-refractivity contribution in [1.82, 2.24) is 14.5 Å². The molecule has 5 rings (SSSR count). The van der Waals surface area contributed by atoms with Crippen LogP contribution in [0.25, 0.3) is 5.57 Å². The van der Waals surface area contributed by atoms with Crippen molar-refractivity contribution in [1.29, 1.82) is 0 Å². The molecule has 2 aromatic carbocycles. The summed E-state index contributed by atoms with van der Waals surface area (Å²) in [4.78, 5) is 10.7. The van der Waals surface area contributed by atoms with E-state index in [2.05, 4.69) is 11.1 Å². The van der Waals surface area contributed by atoms with Gasteiger partial charge in [0.05, 0.1) is 18.2 Å². The number of rotatable bonds is 4. The van der Waals surface area contributed by atoms with E-state index in [4.69, 9.17) is 16.6 Å². The van der Waals surface area contributed by atoms with Gasteiger partial charge in [0.25, 0.3) is 0 Å². The highest BCUT2D eigenvalue weighted by Gasteiger charge is 2.38. The van der Waals surface area contributed by atoms with Crippen LogP contribution in [-0.4, -0.2) is 38.0 Å². The average molecular weight is 473 g/mol. The molecule has 2 atom stereocenters. The third kappa shape index (κ3) is 3.60. The van der Waals surface area contributed by atoms with E-state index in [-0.39, 0.29) is 0 Å². The Balaban J connectivity index is 1.75. The molecular weight excluding hydrogens is 448 g/mol. The van der Waals surface area contributed by atoms with E-state index in [1.54, 1.807) is 47.4 Å². The number of halogens is 1. The lowest BCUT2D eigenvalue weighted by molar-refractivity contribution is 0.117. The molecule has 0 spiro atoms. The number of aromatic nitrogens is 3. The van der Waals surface area contributed by atoms with Crippen molar-refractivity contribution in [2.75, 3.05) is 11.9 Å². The van der Waals surface area contributed by atoms with E-state index < -0.39 is 11.8 Å². The molecular formula is C27H25ClN4O2. The first kappa shape index (κ1) is 22.3. The Labute approximate surface area is 203 Å². The third-order valence-electron chi connectivity index (χ3n) is 6.40. The maximum absolute atomic E-state index is 12.3. The standard InChI is InChI=1S/C27H25ClN4O2/c1-17-5-4-6-18(11-17)22-13-25(33)32(3)26-23(22)12-20(14-30-26)27(34,24-15-29-16-31(24)2)19-7-9-21(28)10-8-19/h4-16,25,33-34H,1-3H3. The van der Waals surface area contributed by atoms with Crippen molar-refractivity contribution < 1.29 is 10.2 Å². The molecule has 34 heavy (non-hydrogen) atoms. The Morgan fingerprint density at radius 3 is 2.44 bits per heavy atom. The summed E-state index contributed by atoms with van der Waals surface area (Å²) in [7, 11) is 3.64. The predicted octanol–water partition coefficient (Wildman–Crippen LogP) is 4.26. The topological polar surface area (TPSA) is 74.4 Å². The predicted molar refractivity (Wildman–Crippen MR) is 134 cm³/mol. The fraction of sp³-hybridized carbons (Fsp3) is 0.185. The van der Waals surface area contributed by atoms with Crippen LogP contribution < -0.4 is 4.90 Å². The lowest BCUT2D eigenvalue weighted by Crippen LogP contribution is -2.35. The first-order chi connectivity index (χ1) is 16.3. The number of anilines is 1. The van der Waals surface area contributed by atoms with Gasteiger partial charge >= 0.3 is 0 Å². The zero-order valence-corrected chi connectivity index (χ0v) is 19.9. The molecule has 3 heterocycles. The van der Waals surface area contributed by atoms with E-state index >= 15 is 0 Å². The highest BCUT2D eigenvalue weighted by Crippen LogP contribution is 2.41. The van der Waals surface area contributed by atoms with Gasteiger partial charge < -0.3 is 19.7 Å². The van der Waals surface area contributed by atoms with Crippen LogP contribution >= 0.6 is 11.6 Å². The number of imidazole rings is 1. The van der Waals surface area contributed by atoms with Gasteiger partial charge in [0.1, 0.15) is 12.0 Å². The fourth-order valence-electron chi connectivity index (χ4n) is 4.53. The van der Waals surface area contributed by atoms with Crippen molar-refractivity contribution in [3.63, 3.8) is 0 Å². The number of benzene rings is 2. The van der Waals surface area contributed by atoms with Crippen LogP contribution in [0, 0.1) is 6.92 Å². The number of nitrogens with zero attached hydrogens (tertiary/aromatic N) is 4. The first-order valence-electron chi connectivity index (χ1n) is 10.9. The summed E-state index contributed by atoms with van der Waals surface area (Å²) in [5, 5.41) is 23.5. The molecule has 0 bridgehead atoms. The first-order valence-corrected chi connectivity index (χ1v) is 11.3. The second-order valence-corrected chi connectivity index (χ2v) is 9.11. The molecule has 1 aliphatic heterocycles. The van der Waals surface area contributed by atoms with Crippen LogP contribution in [0.1, 0.15) is 33.5 Å². The summed E-state index contributed by atoms with van der Waals surface area (Å²) in [5.74, 6) is 0.638. The summed E-state index contributed by atoms with van der Waals surface area (Å²) in [6, 6.07) is 17.2. The second kappa shape index (κ2) is 8.40. The summed E-state index contributed by atoms with van der Waals surface area (Å²) in [5.41, 5.74) is 4.08.